The largest absolute Gasteiger partial charge is 0.491 e. The SMILES string of the molecule is O=C(Nc1ccc2c(c1)B(O)OC2)Nc1cccnn1. The first kappa shape index (κ1) is 12.6. The van der Waals surface area contributed by atoms with Gasteiger partial charge in [0.25, 0.3) is 0 Å². The van der Waals surface area contributed by atoms with Crippen molar-refractivity contribution in [2.24, 2.45) is 0 Å². The van der Waals surface area contributed by atoms with E-state index >= 15 is 0 Å². The van der Waals surface area contributed by atoms with E-state index in [1.165, 1.54) is 6.20 Å². The summed E-state index contributed by atoms with van der Waals surface area (Å²) in [5.74, 6) is 0.356. The maximum Gasteiger partial charge on any atom is 0.491 e. The van der Waals surface area contributed by atoms with Crippen LogP contribution in [-0.4, -0.2) is 28.4 Å². The molecule has 20 heavy (non-hydrogen) atoms. The van der Waals surface area contributed by atoms with Crippen molar-refractivity contribution in [3.05, 3.63) is 42.1 Å². The van der Waals surface area contributed by atoms with Crippen LogP contribution >= 0.6 is 0 Å². The first-order chi connectivity index (χ1) is 9.72. The molecule has 0 spiro atoms. The molecule has 1 aliphatic rings. The smallest absolute Gasteiger partial charge is 0.423 e. The Morgan fingerprint density at radius 2 is 2.25 bits per heavy atom. The topological polar surface area (TPSA) is 96.4 Å². The van der Waals surface area contributed by atoms with Gasteiger partial charge < -0.3 is 15.0 Å². The van der Waals surface area contributed by atoms with Gasteiger partial charge in [0.2, 0.25) is 0 Å². The minimum absolute atomic E-state index is 0.356. The quantitative estimate of drug-likeness (QED) is 0.684. The standard InChI is InChI=1S/C12H11BN4O3/c18-12(16-11-2-1-5-14-17-11)15-9-4-3-8-7-20-13(19)10(8)6-9/h1-6,19H,7H2,(H2,15,16,17,18). The fraction of sp³-hybridized carbons (Fsp3) is 0.0833. The number of hydrogen-bond acceptors (Lipinski definition) is 5. The molecule has 2 amide bonds. The van der Waals surface area contributed by atoms with Gasteiger partial charge in [-0.1, -0.05) is 6.07 Å². The molecule has 3 rings (SSSR count). The van der Waals surface area contributed by atoms with E-state index in [4.69, 9.17) is 4.65 Å². The van der Waals surface area contributed by atoms with Gasteiger partial charge >= 0.3 is 13.1 Å². The number of rotatable bonds is 2. The van der Waals surface area contributed by atoms with Crippen LogP contribution in [0.3, 0.4) is 0 Å². The van der Waals surface area contributed by atoms with E-state index in [1.54, 1.807) is 24.3 Å². The maximum absolute atomic E-state index is 11.8. The summed E-state index contributed by atoms with van der Waals surface area (Å²) in [7, 11) is -0.935. The van der Waals surface area contributed by atoms with E-state index in [0.29, 0.717) is 23.6 Å². The van der Waals surface area contributed by atoms with Crippen LogP contribution in [-0.2, 0) is 11.3 Å². The molecule has 0 aliphatic carbocycles. The molecule has 1 aromatic carbocycles. The molecule has 3 N–H and O–H groups in total. The second-order valence-electron chi connectivity index (χ2n) is 4.26. The van der Waals surface area contributed by atoms with Crippen LogP contribution in [0.1, 0.15) is 5.56 Å². The van der Waals surface area contributed by atoms with Gasteiger partial charge in [0.05, 0.1) is 6.61 Å². The van der Waals surface area contributed by atoms with Gasteiger partial charge in [0.15, 0.2) is 5.82 Å². The Kier molecular flexibility index (Phi) is 3.32. The molecular weight excluding hydrogens is 259 g/mol. The average molecular weight is 270 g/mol. The van der Waals surface area contributed by atoms with Gasteiger partial charge in [-0.25, -0.2) is 4.79 Å². The zero-order chi connectivity index (χ0) is 13.9. The Morgan fingerprint density at radius 1 is 1.35 bits per heavy atom. The molecule has 8 heteroatoms. The highest BCUT2D eigenvalue weighted by molar-refractivity contribution is 6.61. The van der Waals surface area contributed by atoms with Crippen molar-refractivity contribution in [2.75, 3.05) is 10.6 Å². The normalized spacial score (nSPS) is 12.9. The lowest BCUT2D eigenvalue weighted by Gasteiger charge is -2.08. The predicted octanol–water partition coefficient (Wildman–Crippen LogP) is 0.338. The molecule has 2 heterocycles. The van der Waals surface area contributed by atoms with Crippen LogP contribution in [0.15, 0.2) is 36.5 Å². The molecule has 1 aliphatic heterocycles. The highest BCUT2D eigenvalue weighted by atomic mass is 16.5. The van der Waals surface area contributed by atoms with Crippen molar-refractivity contribution in [3.63, 3.8) is 0 Å². The Labute approximate surface area is 115 Å². The zero-order valence-electron chi connectivity index (χ0n) is 10.4. The van der Waals surface area contributed by atoms with Gasteiger partial charge in [-0.3, -0.25) is 5.32 Å². The summed E-state index contributed by atoms with van der Waals surface area (Å²) in [5, 5.41) is 22.2. The molecule has 2 aromatic rings. The summed E-state index contributed by atoms with van der Waals surface area (Å²) in [6, 6.07) is 8.11. The van der Waals surface area contributed by atoms with Crippen LogP contribution in [0, 0.1) is 0 Å². The van der Waals surface area contributed by atoms with E-state index < -0.39 is 13.1 Å². The summed E-state index contributed by atoms with van der Waals surface area (Å²) in [6.45, 7) is 0.378. The highest BCUT2D eigenvalue weighted by Gasteiger charge is 2.27. The number of benzene rings is 1. The fourth-order valence-corrected chi connectivity index (χ4v) is 1.94. The minimum atomic E-state index is -0.935. The third kappa shape index (κ3) is 2.61. The van der Waals surface area contributed by atoms with Crippen LogP contribution in [0.25, 0.3) is 0 Å². The van der Waals surface area contributed by atoms with Gasteiger partial charge in [-0.2, -0.15) is 5.10 Å². The molecule has 0 radical (unpaired) electrons. The summed E-state index contributed by atoms with van der Waals surface area (Å²) >= 11 is 0. The third-order valence-electron chi connectivity index (χ3n) is 2.88. The van der Waals surface area contributed by atoms with Crippen LogP contribution in [0.4, 0.5) is 16.3 Å². The summed E-state index contributed by atoms with van der Waals surface area (Å²) in [5.41, 5.74) is 2.15. The number of carbonyl (C=O) groups excluding carboxylic acids is 1. The van der Waals surface area contributed by atoms with Crippen molar-refractivity contribution < 1.29 is 14.5 Å². The van der Waals surface area contributed by atoms with E-state index in [9.17, 15) is 9.82 Å². The lowest BCUT2D eigenvalue weighted by Crippen LogP contribution is -2.29. The fourth-order valence-electron chi connectivity index (χ4n) is 1.94. The Morgan fingerprint density at radius 3 is 3.05 bits per heavy atom. The molecule has 0 unspecified atom stereocenters. The number of aromatic nitrogens is 2. The number of anilines is 2. The van der Waals surface area contributed by atoms with Crippen LogP contribution in [0.5, 0.6) is 0 Å². The van der Waals surface area contributed by atoms with Crippen LogP contribution in [0.2, 0.25) is 0 Å². The van der Waals surface area contributed by atoms with Crippen LogP contribution < -0.4 is 16.1 Å². The zero-order valence-corrected chi connectivity index (χ0v) is 10.4. The first-order valence-corrected chi connectivity index (χ1v) is 6.00. The molecular formula is C12H11BN4O3. The summed E-state index contributed by atoms with van der Waals surface area (Å²) < 4.78 is 5.09. The highest BCUT2D eigenvalue weighted by Crippen LogP contribution is 2.14. The monoisotopic (exact) mass is 270 g/mol. The second-order valence-corrected chi connectivity index (χ2v) is 4.26. The minimum Gasteiger partial charge on any atom is -0.423 e. The lowest BCUT2D eigenvalue weighted by molar-refractivity contribution is 0.262. The predicted molar refractivity (Wildman–Crippen MR) is 73.5 cm³/mol. The average Bonchev–Trinajstić information content (AvgIpc) is 2.81. The molecule has 100 valence electrons. The number of amides is 2. The van der Waals surface area contributed by atoms with Crippen molar-refractivity contribution in [1.82, 2.24) is 10.2 Å². The Hall–Kier alpha value is -2.45. The third-order valence-corrected chi connectivity index (χ3v) is 2.88. The molecule has 0 bridgehead atoms. The second kappa shape index (κ2) is 5.28. The first-order valence-electron chi connectivity index (χ1n) is 6.00. The Bertz CT molecular complexity index is 638. The number of nitrogens with one attached hydrogen (secondary N) is 2. The molecule has 7 nitrogen and oxygen atoms in total. The molecule has 0 saturated heterocycles. The maximum atomic E-state index is 11.8. The molecule has 1 aromatic heterocycles. The summed E-state index contributed by atoms with van der Waals surface area (Å²) in [6.07, 6.45) is 1.52. The Balaban J connectivity index is 1.69. The molecule has 0 saturated carbocycles. The van der Waals surface area contributed by atoms with E-state index in [2.05, 4.69) is 20.8 Å². The van der Waals surface area contributed by atoms with Crippen molar-refractivity contribution in [3.8, 4) is 0 Å². The van der Waals surface area contributed by atoms with Crippen molar-refractivity contribution in [1.29, 1.82) is 0 Å². The van der Waals surface area contributed by atoms with Gasteiger partial charge in [-0.15, -0.1) is 5.10 Å². The molecule has 0 atom stereocenters. The number of fused-ring (bicyclic) bond motifs is 1. The number of hydrogen-bond donors (Lipinski definition) is 3. The lowest BCUT2D eigenvalue weighted by atomic mass is 9.79. The van der Waals surface area contributed by atoms with Gasteiger partial charge in [0, 0.05) is 11.9 Å². The van der Waals surface area contributed by atoms with E-state index in [1.807, 2.05) is 6.07 Å². The molecule has 0 fully saturated rings. The summed E-state index contributed by atoms with van der Waals surface area (Å²) in [4.78, 5) is 11.8. The van der Waals surface area contributed by atoms with E-state index in [-0.39, 0.29) is 0 Å². The van der Waals surface area contributed by atoms with E-state index in [0.717, 1.165) is 5.56 Å². The van der Waals surface area contributed by atoms with Crippen molar-refractivity contribution >= 4 is 30.1 Å². The van der Waals surface area contributed by atoms with Gasteiger partial charge in [-0.05, 0) is 35.3 Å². The van der Waals surface area contributed by atoms with Crippen molar-refractivity contribution in [2.45, 2.75) is 6.61 Å². The number of urea groups is 1. The van der Waals surface area contributed by atoms with Gasteiger partial charge in [0.1, 0.15) is 0 Å². The number of nitrogens with zero attached hydrogens (tertiary/aromatic N) is 2. The number of carbonyl (C=O) groups is 1.